The first-order valence-corrected chi connectivity index (χ1v) is 8.84. The third-order valence-electron chi connectivity index (χ3n) is 3.04. The lowest BCUT2D eigenvalue weighted by molar-refractivity contribution is 0.402. The van der Waals surface area contributed by atoms with Gasteiger partial charge in [0.05, 0.1) is 7.11 Å². The quantitative estimate of drug-likeness (QED) is 0.751. The first-order valence-electron chi connectivity index (χ1n) is 7.03. The van der Waals surface area contributed by atoms with Gasteiger partial charge in [-0.2, -0.15) is 0 Å². The third-order valence-corrected chi connectivity index (χ3v) is 5.10. The summed E-state index contributed by atoms with van der Waals surface area (Å²) in [6, 6.07) is 8.43. The zero-order valence-corrected chi connectivity index (χ0v) is 14.3. The average molecular weight is 323 g/mol. The number of thioether (sulfide) groups is 1. The largest absolute Gasteiger partial charge is 0.496 e. The van der Waals surface area contributed by atoms with Crippen LogP contribution >= 0.6 is 23.1 Å². The molecule has 1 unspecified atom stereocenters. The fourth-order valence-corrected chi connectivity index (χ4v) is 3.95. The fourth-order valence-electron chi connectivity index (χ4n) is 2.02. The van der Waals surface area contributed by atoms with Gasteiger partial charge in [-0.25, -0.2) is 0 Å². The van der Waals surface area contributed by atoms with Crippen molar-refractivity contribution in [2.24, 2.45) is 0 Å². The van der Waals surface area contributed by atoms with E-state index in [0.717, 1.165) is 33.8 Å². The van der Waals surface area contributed by atoms with Crippen LogP contribution in [0.25, 0.3) is 0 Å². The number of rotatable bonds is 8. The van der Waals surface area contributed by atoms with Crippen LogP contribution in [0.2, 0.25) is 0 Å². The van der Waals surface area contributed by atoms with Crippen molar-refractivity contribution in [1.82, 2.24) is 15.5 Å². The molecule has 1 aromatic heterocycles. The lowest BCUT2D eigenvalue weighted by Crippen LogP contribution is -2.24. The summed E-state index contributed by atoms with van der Waals surface area (Å²) in [7, 11) is 1.72. The van der Waals surface area contributed by atoms with Gasteiger partial charge < -0.3 is 10.1 Å². The zero-order valence-electron chi connectivity index (χ0n) is 12.6. The van der Waals surface area contributed by atoms with Gasteiger partial charge in [-0.05, 0) is 26.0 Å². The van der Waals surface area contributed by atoms with Crippen molar-refractivity contribution < 1.29 is 4.74 Å². The van der Waals surface area contributed by atoms with Crippen molar-refractivity contribution in [3.8, 4) is 5.75 Å². The number of benzene rings is 1. The number of ether oxygens (including phenoxy) is 1. The molecule has 0 aliphatic carbocycles. The number of hydrogen-bond donors (Lipinski definition) is 1. The Hall–Kier alpha value is -1.11. The molecule has 2 aromatic rings. The normalized spacial score (nSPS) is 12.3. The van der Waals surface area contributed by atoms with Crippen LogP contribution in [-0.4, -0.2) is 29.6 Å². The minimum Gasteiger partial charge on any atom is -0.496 e. The first kappa shape index (κ1) is 16.3. The van der Waals surface area contributed by atoms with Gasteiger partial charge in [-0.3, -0.25) is 0 Å². The molecule has 0 saturated heterocycles. The molecule has 4 nitrogen and oxygen atoms in total. The van der Waals surface area contributed by atoms with Crippen LogP contribution in [0.15, 0.2) is 28.6 Å². The highest BCUT2D eigenvalue weighted by Crippen LogP contribution is 2.31. The summed E-state index contributed by atoms with van der Waals surface area (Å²) < 4.78 is 6.51. The van der Waals surface area contributed by atoms with Crippen LogP contribution in [0.5, 0.6) is 5.75 Å². The standard InChI is InChI=1S/C15H21N3OS2/c1-4-9-16-13(10-20-15-18-17-11(2)21-15)12-7-5-6-8-14(12)19-3/h5-8,13,16H,4,9-10H2,1-3H3. The number of methoxy groups -OCH3 is 1. The second-order valence-electron chi connectivity index (χ2n) is 4.65. The van der Waals surface area contributed by atoms with Crippen molar-refractivity contribution in [3.63, 3.8) is 0 Å². The Bertz CT molecular complexity index is 559. The number of aromatic nitrogens is 2. The van der Waals surface area contributed by atoms with Gasteiger partial charge in [0.15, 0.2) is 4.34 Å². The molecule has 1 atom stereocenters. The van der Waals surface area contributed by atoms with E-state index in [1.807, 2.05) is 19.1 Å². The number of nitrogens with zero attached hydrogens (tertiary/aromatic N) is 2. The number of aryl methyl sites for hydroxylation is 1. The molecule has 1 N–H and O–H groups in total. The van der Waals surface area contributed by atoms with Crippen LogP contribution in [0.4, 0.5) is 0 Å². The summed E-state index contributed by atoms with van der Waals surface area (Å²) in [5.41, 5.74) is 1.20. The highest BCUT2D eigenvalue weighted by Gasteiger charge is 2.16. The molecule has 1 aromatic carbocycles. The minimum absolute atomic E-state index is 0.246. The van der Waals surface area contributed by atoms with E-state index in [0.29, 0.717) is 0 Å². The van der Waals surface area contributed by atoms with Crippen molar-refractivity contribution in [2.45, 2.75) is 30.6 Å². The smallest absolute Gasteiger partial charge is 0.174 e. The SMILES string of the molecule is CCCNC(CSc1nnc(C)s1)c1ccccc1OC. The second kappa shape index (κ2) is 8.36. The van der Waals surface area contributed by atoms with Crippen LogP contribution in [-0.2, 0) is 0 Å². The maximum absolute atomic E-state index is 5.49. The van der Waals surface area contributed by atoms with E-state index >= 15 is 0 Å². The van der Waals surface area contributed by atoms with Crippen LogP contribution in [0, 0.1) is 6.92 Å². The molecule has 0 fully saturated rings. The summed E-state index contributed by atoms with van der Waals surface area (Å²) in [5, 5.41) is 12.8. The summed E-state index contributed by atoms with van der Waals surface area (Å²) in [4.78, 5) is 0. The van der Waals surface area contributed by atoms with Gasteiger partial charge in [0, 0.05) is 17.4 Å². The Morgan fingerprint density at radius 1 is 1.33 bits per heavy atom. The van der Waals surface area contributed by atoms with Crippen molar-refractivity contribution in [2.75, 3.05) is 19.4 Å². The molecule has 6 heteroatoms. The minimum atomic E-state index is 0.246. The summed E-state index contributed by atoms with van der Waals surface area (Å²) in [5.74, 6) is 1.84. The van der Waals surface area contributed by atoms with Gasteiger partial charge in [0.1, 0.15) is 10.8 Å². The summed E-state index contributed by atoms with van der Waals surface area (Å²) >= 11 is 3.38. The lowest BCUT2D eigenvalue weighted by atomic mass is 10.1. The Morgan fingerprint density at radius 3 is 2.81 bits per heavy atom. The summed E-state index contributed by atoms with van der Waals surface area (Å²) in [6.07, 6.45) is 1.11. The number of nitrogens with one attached hydrogen (secondary N) is 1. The monoisotopic (exact) mass is 323 g/mol. The number of para-hydroxylation sites is 1. The van der Waals surface area contributed by atoms with Crippen molar-refractivity contribution >= 4 is 23.1 Å². The van der Waals surface area contributed by atoms with E-state index in [-0.39, 0.29) is 6.04 Å². The van der Waals surface area contributed by atoms with Gasteiger partial charge in [-0.1, -0.05) is 48.2 Å². The Morgan fingerprint density at radius 2 is 2.14 bits per heavy atom. The maximum Gasteiger partial charge on any atom is 0.174 e. The molecule has 0 amide bonds. The molecular weight excluding hydrogens is 302 g/mol. The molecular formula is C15H21N3OS2. The lowest BCUT2D eigenvalue weighted by Gasteiger charge is -2.20. The van der Waals surface area contributed by atoms with E-state index in [4.69, 9.17) is 4.74 Å². The Kier molecular flexibility index (Phi) is 6.48. The molecule has 21 heavy (non-hydrogen) atoms. The first-order chi connectivity index (χ1) is 10.2. The van der Waals surface area contributed by atoms with Gasteiger partial charge in [0.2, 0.25) is 0 Å². The second-order valence-corrected chi connectivity index (χ2v) is 7.10. The Balaban J connectivity index is 2.09. The van der Waals surface area contributed by atoms with Crippen LogP contribution < -0.4 is 10.1 Å². The van der Waals surface area contributed by atoms with E-state index in [2.05, 4.69) is 34.6 Å². The van der Waals surface area contributed by atoms with E-state index in [1.54, 1.807) is 30.2 Å². The molecule has 114 valence electrons. The van der Waals surface area contributed by atoms with E-state index in [9.17, 15) is 0 Å². The molecule has 0 saturated carbocycles. The third kappa shape index (κ3) is 4.69. The Labute approximate surface area is 134 Å². The molecule has 0 aliphatic rings. The highest BCUT2D eigenvalue weighted by molar-refractivity contribution is 8.01. The van der Waals surface area contributed by atoms with E-state index < -0.39 is 0 Å². The summed E-state index contributed by atoms with van der Waals surface area (Å²) in [6.45, 7) is 5.14. The van der Waals surface area contributed by atoms with Gasteiger partial charge in [0.25, 0.3) is 0 Å². The molecule has 0 bridgehead atoms. The topological polar surface area (TPSA) is 47.0 Å². The highest BCUT2D eigenvalue weighted by atomic mass is 32.2. The molecule has 0 spiro atoms. The van der Waals surface area contributed by atoms with Gasteiger partial charge >= 0.3 is 0 Å². The molecule has 1 heterocycles. The molecule has 2 rings (SSSR count). The maximum atomic E-state index is 5.49. The molecule has 0 aliphatic heterocycles. The van der Waals surface area contributed by atoms with E-state index in [1.165, 1.54) is 5.56 Å². The van der Waals surface area contributed by atoms with Gasteiger partial charge in [-0.15, -0.1) is 10.2 Å². The number of hydrogen-bond acceptors (Lipinski definition) is 6. The molecule has 0 radical (unpaired) electrons. The average Bonchev–Trinajstić information content (AvgIpc) is 2.93. The predicted molar refractivity (Wildman–Crippen MR) is 89.4 cm³/mol. The van der Waals surface area contributed by atoms with Crippen LogP contribution in [0.3, 0.4) is 0 Å². The zero-order chi connectivity index (χ0) is 15.1. The van der Waals surface area contributed by atoms with Crippen molar-refractivity contribution in [1.29, 1.82) is 0 Å². The van der Waals surface area contributed by atoms with Crippen molar-refractivity contribution in [3.05, 3.63) is 34.8 Å². The predicted octanol–water partition coefficient (Wildman–Crippen LogP) is 3.69. The fraction of sp³-hybridized carbons (Fsp3) is 0.467. The van der Waals surface area contributed by atoms with Crippen LogP contribution in [0.1, 0.15) is 30.0 Å².